The van der Waals surface area contributed by atoms with Crippen LogP contribution < -0.4 is 0 Å². The Morgan fingerprint density at radius 1 is 1.23 bits per heavy atom. The van der Waals surface area contributed by atoms with E-state index in [-0.39, 0.29) is 0 Å². The summed E-state index contributed by atoms with van der Waals surface area (Å²) in [6, 6.07) is 9.86. The van der Waals surface area contributed by atoms with E-state index in [1.165, 1.54) is 0 Å². The van der Waals surface area contributed by atoms with Crippen molar-refractivity contribution in [3.8, 4) is 11.6 Å². The predicted molar refractivity (Wildman–Crippen MR) is 59.8 cm³/mol. The third-order valence-electron chi connectivity index (χ3n) is 1.42. The molecule has 68 valence electrons. The van der Waals surface area contributed by atoms with Crippen molar-refractivity contribution in [3.63, 3.8) is 0 Å². The molecule has 0 bridgehead atoms. The quantitative estimate of drug-likeness (QED) is 0.510. The van der Waals surface area contributed by atoms with E-state index in [9.17, 15) is 0 Å². The third-order valence-corrected chi connectivity index (χ3v) is 3.58. The second-order valence-corrected chi connectivity index (χ2v) is 5.21. The monoisotopic (exact) mass is 211 g/mol. The maximum atomic E-state index is 5.98. The number of hydrogen-bond acceptors (Lipinski definition) is 1. The van der Waals surface area contributed by atoms with Gasteiger partial charge in [0.1, 0.15) is 7.43 Å². The first-order valence-electron chi connectivity index (χ1n) is 3.90. The maximum Gasteiger partial charge on any atom is 0.141 e. The summed E-state index contributed by atoms with van der Waals surface area (Å²) in [5.41, 5.74) is 4.02. The molecule has 0 radical (unpaired) electrons. The van der Waals surface area contributed by atoms with Crippen LogP contribution in [0.15, 0.2) is 30.3 Å². The summed E-state index contributed by atoms with van der Waals surface area (Å²) >= 11 is 5.98. The van der Waals surface area contributed by atoms with Gasteiger partial charge in [0, 0.05) is 5.56 Å². The van der Waals surface area contributed by atoms with Crippen molar-refractivity contribution in [3.05, 3.63) is 35.9 Å². The van der Waals surface area contributed by atoms with Crippen LogP contribution in [0.3, 0.4) is 0 Å². The SMILES string of the molecule is CN(C)P(Cl)C#Cc1ccccc1. The fourth-order valence-electron chi connectivity index (χ4n) is 0.732. The van der Waals surface area contributed by atoms with Gasteiger partial charge in [0.05, 0.1) is 0 Å². The average Bonchev–Trinajstić information content (AvgIpc) is 2.15. The highest BCUT2D eigenvalue weighted by molar-refractivity contribution is 7.86. The molecule has 0 saturated carbocycles. The molecule has 1 aromatic carbocycles. The number of nitrogens with zero attached hydrogens (tertiary/aromatic N) is 1. The first-order valence-corrected chi connectivity index (χ1v) is 6.10. The molecule has 0 heterocycles. The Kier molecular flexibility index (Phi) is 4.25. The van der Waals surface area contributed by atoms with Gasteiger partial charge in [-0.1, -0.05) is 35.4 Å². The summed E-state index contributed by atoms with van der Waals surface area (Å²) in [6.45, 7) is 0. The number of rotatable bonds is 1. The molecule has 0 aliphatic rings. The molecular formula is C10H11ClNP. The Balaban J connectivity index is 2.68. The van der Waals surface area contributed by atoms with Crippen molar-refractivity contribution in [2.24, 2.45) is 0 Å². The molecule has 1 rings (SSSR count). The zero-order valence-electron chi connectivity index (χ0n) is 7.66. The average molecular weight is 212 g/mol. The molecule has 1 unspecified atom stereocenters. The minimum atomic E-state index is -0.819. The van der Waals surface area contributed by atoms with Crippen LogP contribution in [0.25, 0.3) is 0 Å². The van der Waals surface area contributed by atoms with Crippen molar-refractivity contribution in [1.29, 1.82) is 0 Å². The highest BCUT2D eigenvalue weighted by Gasteiger charge is 2.00. The van der Waals surface area contributed by atoms with Crippen LogP contribution >= 0.6 is 18.7 Å². The zero-order valence-corrected chi connectivity index (χ0v) is 9.31. The summed E-state index contributed by atoms with van der Waals surface area (Å²) in [5.74, 6) is 3.03. The van der Waals surface area contributed by atoms with E-state index in [0.29, 0.717) is 0 Å². The Labute approximate surface area is 85.3 Å². The molecule has 0 amide bonds. The Hall–Kier alpha value is -0.540. The molecule has 0 aromatic heterocycles. The van der Waals surface area contributed by atoms with Gasteiger partial charge in [0.25, 0.3) is 0 Å². The van der Waals surface area contributed by atoms with Gasteiger partial charge in [-0.15, -0.1) is 0 Å². The molecule has 13 heavy (non-hydrogen) atoms. The lowest BCUT2D eigenvalue weighted by molar-refractivity contribution is 0.693. The van der Waals surface area contributed by atoms with Gasteiger partial charge in [-0.3, -0.25) is 4.67 Å². The van der Waals surface area contributed by atoms with Crippen molar-refractivity contribution in [2.75, 3.05) is 14.1 Å². The first-order chi connectivity index (χ1) is 6.20. The predicted octanol–water partition coefficient (Wildman–Crippen LogP) is 3.11. The molecule has 3 heteroatoms. The summed E-state index contributed by atoms with van der Waals surface area (Å²) in [6.07, 6.45) is 0. The van der Waals surface area contributed by atoms with E-state index in [0.717, 1.165) is 5.56 Å². The van der Waals surface area contributed by atoms with Gasteiger partial charge in [-0.2, -0.15) is 0 Å². The second-order valence-electron chi connectivity index (χ2n) is 2.71. The highest BCUT2D eigenvalue weighted by atomic mass is 35.7. The van der Waals surface area contributed by atoms with Gasteiger partial charge in [-0.25, -0.2) is 0 Å². The van der Waals surface area contributed by atoms with Gasteiger partial charge in [-0.05, 0) is 31.9 Å². The lowest BCUT2D eigenvalue weighted by Crippen LogP contribution is -1.98. The van der Waals surface area contributed by atoms with Gasteiger partial charge < -0.3 is 0 Å². The molecule has 0 spiro atoms. The van der Waals surface area contributed by atoms with Crippen LogP contribution in [0, 0.1) is 11.6 Å². The minimum absolute atomic E-state index is 0.819. The molecule has 0 aliphatic heterocycles. The number of benzene rings is 1. The normalized spacial score (nSPS) is 12.0. The number of halogens is 1. The van der Waals surface area contributed by atoms with Crippen LogP contribution in [0.5, 0.6) is 0 Å². The van der Waals surface area contributed by atoms with Crippen LogP contribution in [0.2, 0.25) is 0 Å². The standard InChI is InChI=1S/C10H11ClNP/c1-12(2)13(11)9-8-10-6-4-3-5-7-10/h3-7H,1-2H3. The second kappa shape index (κ2) is 5.25. The van der Waals surface area contributed by atoms with Crippen molar-refractivity contribution < 1.29 is 0 Å². The van der Waals surface area contributed by atoms with E-state index in [4.69, 9.17) is 11.2 Å². The summed E-state index contributed by atoms with van der Waals surface area (Å²) in [7, 11) is 3.04. The topological polar surface area (TPSA) is 3.24 Å². The first kappa shape index (κ1) is 10.5. The number of hydrogen-bond donors (Lipinski definition) is 0. The van der Waals surface area contributed by atoms with Crippen molar-refractivity contribution in [2.45, 2.75) is 0 Å². The van der Waals surface area contributed by atoms with E-state index in [1.807, 2.05) is 49.1 Å². The minimum Gasteiger partial charge on any atom is -0.266 e. The maximum absolute atomic E-state index is 5.98. The molecular weight excluding hydrogens is 201 g/mol. The van der Waals surface area contributed by atoms with E-state index in [2.05, 4.69) is 11.6 Å². The third kappa shape index (κ3) is 3.79. The van der Waals surface area contributed by atoms with Crippen LogP contribution in [0.1, 0.15) is 5.56 Å². The summed E-state index contributed by atoms with van der Waals surface area (Å²) in [5, 5.41) is 0. The summed E-state index contributed by atoms with van der Waals surface area (Å²) < 4.78 is 1.92. The van der Waals surface area contributed by atoms with Gasteiger partial charge in [0.15, 0.2) is 0 Å². The Morgan fingerprint density at radius 2 is 1.85 bits per heavy atom. The Morgan fingerprint density at radius 3 is 2.38 bits per heavy atom. The van der Waals surface area contributed by atoms with Crippen LogP contribution in [0.4, 0.5) is 0 Å². The largest absolute Gasteiger partial charge is 0.266 e. The van der Waals surface area contributed by atoms with E-state index in [1.54, 1.807) is 0 Å². The van der Waals surface area contributed by atoms with Crippen LogP contribution in [-0.4, -0.2) is 18.8 Å². The lowest BCUT2D eigenvalue weighted by atomic mass is 10.2. The van der Waals surface area contributed by atoms with Crippen LogP contribution in [-0.2, 0) is 0 Å². The molecule has 1 nitrogen and oxygen atoms in total. The fraction of sp³-hybridized carbons (Fsp3) is 0.200. The lowest BCUT2D eigenvalue weighted by Gasteiger charge is -2.08. The zero-order chi connectivity index (χ0) is 9.68. The van der Waals surface area contributed by atoms with Crippen molar-refractivity contribution >= 4 is 18.7 Å². The molecule has 0 saturated heterocycles. The van der Waals surface area contributed by atoms with E-state index >= 15 is 0 Å². The Bertz CT molecular complexity index is 313. The fourth-order valence-corrected chi connectivity index (χ4v) is 1.28. The molecule has 1 atom stereocenters. The van der Waals surface area contributed by atoms with Crippen molar-refractivity contribution in [1.82, 2.24) is 4.67 Å². The molecule has 0 N–H and O–H groups in total. The summed E-state index contributed by atoms with van der Waals surface area (Å²) in [4.78, 5) is 0. The van der Waals surface area contributed by atoms with E-state index < -0.39 is 7.43 Å². The molecule has 0 aliphatic carbocycles. The van der Waals surface area contributed by atoms with Gasteiger partial charge >= 0.3 is 0 Å². The smallest absolute Gasteiger partial charge is 0.141 e. The molecule has 1 aromatic rings. The highest BCUT2D eigenvalue weighted by Crippen LogP contribution is 2.41. The van der Waals surface area contributed by atoms with Gasteiger partial charge in [0.2, 0.25) is 0 Å². The molecule has 0 fully saturated rings.